The SMILES string of the molecule is CCOc1cccc(C(NN)C2CC2C)c1. The van der Waals surface area contributed by atoms with Crippen LogP contribution in [0.15, 0.2) is 24.3 Å². The first-order chi connectivity index (χ1) is 7.76. The first-order valence-corrected chi connectivity index (χ1v) is 5.95. The number of hydrogen-bond acceptors (Lipinski definition) is 3. The molecule has 88 valence electrons. The van der Waals surface area contributed by atoms with Crippen LogP contribution < -0.4 is 16.0 Å². The molecule has 0 aromatic heterocycles. The Morgan fingerprint density at radius 3 is 2.88 bits per heavy atom. The molecule has 2 rings (SSSR count). The van der Waals surface area contributed by atoms with Gasteiger partial charge in [-0.3, -0.25) is 11.3 Å². The Bertz CT molecular complexity index is 354. The molecule has 3 heteroatoms. The minimum absolute atomic E-state index is 0.260. The van der Waals surface area contributed by atoms with Crippen molar-refractivity contribution >= 4 is 0 Å². The van der Waals surface area contributed by atoms with E-state index in [0.717, 1.165) is 11.7 Å². The summed E-state index contributed by atoms with van der Waals surface area (Å²) in [6.45, 7) is 4.96. The molecule has 1 aliphatic rings. The first kappa shape index (κ1) is 11.4. The van der Waals surface area contributed by atoms with Crippen molar-refractivity contribution in [2.45, 2.75) is 26.3 Å². The quantitative estimate of drug-likeness (QED) is 0.591. The molecule has 0 amide bonds. The van der Waals surface area contributed by atoms with Crippen molar-refractivity contribution in [3.05, 3.63) is 29.8 Å². The van der Waals surface area contributed by atoms with Crippen LogP contribution in [-0.2, 0) is 0 Å². The van der Waals surface area contributed by atoms with Gasteiger partial charge in [-0.1, -0.05) is 19.1 Å². The van der Waals surface area contributed by atoms with Crippen LogP contribution in [0.4, 0.5) is 0 Å². The Balaban J connectivity index is 2.14. The molecule has 3 N–H and O–H groups in total. The molecule has 0 spiro atoms. The van der Waals surface area contributed by atoms with Crippen molar-refractivity contribution in [1.82, 2.24) is 5.43 Å². The van der Waals surface area contributed by atoms with Gasteiger partial charge < -0.3 is 4.74 Å². The van der Waals surface area contributed by atoms with Crippen LogP contribution in [0.25, 0.3) is 0 Å². The third-order valence-corrected chi connectivity index (χ3v) is 3.31. The van der Waals surface area contributed by atoms with Crippen LogP contribution in [0, 0.1) is 11.8 Å². The van der Waals surface area contributed by atoms with Crippen LogP contribution in [-0.4, -0.2) is 6.61 Å². The molecule has 1 aromatic rings. The maximum Gasteiger partial charge on any atom is 0.119 e. The third-order valence-electron chi connectivity index (χ3n) is 3.31. The fourth-order valence-electron chi connectivity index (χ4n) is 2.25. The van der Waals surface area contributed by atoms with Crippen LogP contribution in [0.5, 0.6) is 5.75 Å². The van der Waals surface area contributed by atoms with Crippen molar-refractivity contribution in [3.63, 3.8) is 0 Å². The Labute approximate surface area is 97.0 Å². The lowest BCUT2D eigenvalue weighted by Crippen LogP contribution is -2.29. The molecular formula is C13H20N2O. The summed E-state index contributed by atoms with van der Waals surface area (Å²) in [5.41, 5.74) is 4.15. The van der Waals surface area contributed by atoms with Gasteiger partial charge in [0.15, 0.2) is 0 Å². The molecule has 1 saturated carbocycles. The maximum atomic E-state index is 5.64. The molecule has 3 unspecified atom stereocenters. The summed E-state index contributed by atoms with van der Waals surface area (Å²) in [6, 6.07) is 8.46. The van der Waals surface area contributed by atoms with E-state index in [-0.39, 0.29) is 6.04 Å². The van der Waals surface area contributed by atoms with Crippen molar-refractivity contribution in [2.24, 2.45) is 17.7 Å². The van der Waals surface area contributed by atoms with Crippen LogP contribution in [0.3, 0.4) is 0 Å². The number of hydrazine groups is 1. The van der Waals surface area contributed by atoms with Gasteiger partial charge >= 0.3 is 0 Å². The molecule has 3 atom stereocenters. The van der Waals surface area contributed by atoms with Gasteiger partial charge in [0.1, 0.15) is 5.75 Å². The van der Waals surface area contributed by atoms with E-state index < -0.39 is 0 Å². The summed E-state index contributed by atoms with van der Waals surface area (Å²) < 4.78 is 5.50. The Morgan fingerprint density at radius 1 is 1.56 bits per heavy atom. The highest BCUT2D eigenvalue weighted by atomic mass is 16.5. The van der Waals surface area contributed by atoms with E-state index in [0.29, 0.717) is 12.5 Å². The number of nitrogens with two attached hydrogens (primary N) is 1. The highest BCUT2D eigenvalue weighted by molar-refractivity contribution is 5.31. The number of hydrogen-bond donors (Lipinski definition) is 2. The third kappa shape index (κ3) is 2.36. The Morgan fingerprint density at radius 2 is 2.31 bits per heavy atom. The molecule has 3 nitrogen and oxygen atoms in total. The first-order valence-electron chi connectivity index (χ1n) is 5.95. The molecule has 0 heterocycles. The van der Waals surface area contributed by atoms with Crippen molar-refractivity contribution < 1.29 is 4.74 Å². The minimum atomic E-state index is 0.260. The number of rotatable bonds is 5. The van der Waals surface area contributed by atoms with Gasteiger partial charge in [0.05, 0.1) is 6.61 Å². The summed E-state index contributed by atoms with van der Waals surface area (Å²) in [7, 11) is 0. The van der Waals surface area contributed by atoms with Gasteiger partial charge in [-0.05, 0) is 42.9 Å². The lowest BCUT2D eigenvalue weighted by Gasteiger charge is -2.17. The van der Waals surface area contributed by atoms with Gasteiger partial charge in [-0.25, -0.2) is 0 Å². The summed E-state index contributed by atoms with van der Waals surface area (Å²) in [6.07, 6.45) is 1.26. The highest BCUT2D eigenvalue weighted by Gasteiger charge is 2.39. The number of nitrogens with one attached hydrogen (secondary N) is 1. The van der Waals surface area contributed by atoms with Crippen molar-refractivity contribution in [1.29, 1.82) is 0 Å². The lowest BCUT2D eigenvalue weighted by atomic mass is 10.0. The number of benzene rings is 1. The maximum absolute atomic E-state index is 5.64. The molecule has 0 saturated heterocycles. The summed E-state index contributed by atoms with van der Waals surface area (Å²) >= 11 is 0. The lowest BCUT2D eigenvalue weighted by molar-refractivity contribution is 0.339. The predicted molar refractivity (Wildman–Crippen MR) is 64.9 cm³/mol. The van der Waals surface area contributed by atoms with Gasteiger partial charge in [-0.2, -0.15) is 0 Å². The van der Waals surface area contributed by atoms with E-state index in [1.165, 1.54) is 12.0 Å². The van der Waals surface area contributed by atoms with Gasteiger partial charge in [0.2, 0.25) is 0 Å². The molecule has 0 radical (unpaired) electrons. The summed E-state index contributed by atoms with van der Waals surface area (Å²) in [5.74, 6) is 8.01. The monoisotopic (exact) mass is 220 g/mol. The molecule has 1 aliphatic carbocycles. The minimum Gasteiger partial charge on any atom is -0.494 e. The van der Waals surface area contributed by atoms with Crippen LogP contribution >= 0.6 is 0 Å². The van der Waals surface area contributed by atoms with Crippen molar-refractivity contribution in [2.75, 3.05) is 6.61 Å². The molecule has 0 bridgehead atoms. The second-order valence-corrected chi connectivity index (χ2v) is 4.53. The van der Waals surface area contributed by atoms with E-state index in [9.17, 15) is 0 Å². The van der Waals surface area contributed by atoms with E-state index in [4.69, 9.17) is 10.6 Å². The van der Waals surface area contributed by atoms with E-state index in [1.807, 2.05) is 19.1 Å². The van der Waals surface area contributed by atoms with Crippen LogP contribution in [0.1, 0.15) is 31.9 Å². The van der Waals surface area contributed by atoms with E-state index >= 15 is 0 Å². The molecular weight excluding hydrogens is 200 g/mol. The highest BCUT2D eigenvalue weighted by Crippen LogP contribution is 2.46. The smallest absolute Gasteiger partial charge is 0.119 e. The average Bonchev–Trinajstić information content (AvgIpc) is 2.98. The molecule has 1 fully saturated rings. The summed E-state index contributed by atoms with van der Waals surface area (Å²) in [5, 5.41) is 0. The average molecular weight is 220 g/mol. The van der Waals surface area contributed by atoms with Crippen LogP contribution in [0.2, 0.25) is 0 Å². The van der Waals surface area contributed by atoms with E-state index in [1.54, 1.807) is 0 Å². The summed E-state index contributed by atoms with van der Waals surface area (Å²) in [4.78, 5) is 0. The van der Waals surface area contributed by atoms with Crippen molar-refractivity contribution in [3.8, 4) is 5.75 Å². The number of ether oxygens (including phenoxy) is 1. The Hall–Kier alpha value is -1.06. The second-order valence-electron chi connectivity index (χ2n) is 4.53. The largest absolute Gasteiger partial charge is 0.494 e. The second kappa shape index (κ2) is 4.85. The predicted octanol–water partition coefficient (Wildman–Crippen LogP) is 2.25. The topological polar surface area (TPSA) is 47.3 Å². The van der Waals surface area contributed by atoms with E-state index in [2.05, 4.69) is 24.5 Å². The molecule has 16 heavy (non-hydrogen) atoms. The fraction of sp³-hybridized carbons (Fsp3) is 0.538. The Kier molecular flexibility index (Phi) is 3.46. The molecule has 1 aromatic carbocycles. The zero-order chi connectivity index (χ0) is 11.5. The van der Waals surface area contributed by atoms with Gasteiger partial charge in [0, 0.05) is 6.04 Å². The zero-order valence-corrected chi connectivity index (χ0v) is 9.94. The fourth-order valence-corrected chi connectivity index (χ4v) is 2.25. The standard InChI is InChI=1S/C13H20N2O/c1-3-16-11-6-4-5-10(8-11)13(15-14)12-7-9(12)2/h4-6,8-9,12-13,15H,3,7,14H2,1-2H3. The van der Waals surface area contributed by atoms with Gasteiger partial charge in [0.25, 0.3) is 0 Å². The van der Waals surface area contributed by atoms with Gasteiger partial charge in [-0.15, -0.1) is 0 Å². The zero-order valence-electron chi connectivity index (χ0n) is 9.94. The molecule has 0 aliphatic heterocycles. The normalized spacial score (nSPS) is 25.2.